The first-order valence-electron chi connectivity index (χ1n) is 3.97. The number of carbonyl (C=O) groups excluding carboxylic acids is 1. The fraction of sp³-hybridized carbons (Fsp3) is 0.833. The van der Waals surface area contributed by atoms with E-state index < -0.39 is 19.9 Å². The summed E-state index contributed by atoms with van der Waals surface area (Å²) in [6.45, 7) is -0.216. The first kappa shape index (κ1) is 13.5. The van der Waals surface area contributed by atoms with E-state index in [1.165, 1.54) is 0 Å². The van der Waals surface area contributed by atoms with Crippen LogP contribution in [0, 0.1) is 0 Å². The van der Waals surface area contributed by atoms with Crippen LogP contribution in [-0.2, 0) is 14.1 Å². The van der Waals surface area contributed by atoms with Gasteiger partial charge in [0.25, 0.3) is 0 Å². The maximum absolute atomic E-state index is 10.8. The Morgan fingerprint density at radius 1 is 1.43 bits per heavy atom. The lowest BCUT2D eigenvalue weighted by Crippen LogP contribution is -2.26. The molecule has 84 valence electrons. The van der Waals surface area contributed by atoms with Crippen molar-refractivity contribution >= 4 is 13.6 Å². The van der Waals surface area contributed by atoms with E-state index in [2.05, 4.69) is 10.1 Å². The molecule has 0 fully saturated rings. The Morgan fingerprint density at radius 2 is 2.07 bits per heavy atom. The summed E-state index contributed by atoms with van der Waals surface area (Å²) in [5.41, 5.74) is 0. The van der Waals surface area contributed by atoms with Gasteiger partial charge in [0, 0.05) is 13.0 Å². The lowest BCUT2D eigenvalue weighted by Gasteiger charge is -2.06. The van der Waals surface area contributed by atoms with E-state index in [4.69, 9.17) is 14.9 Å². The highest BCUT2D eigenvalue weighted by Gasteiger charge is 2.12. The van der Waals surface area contributed by atoms with E-state index in [1.54, 1.807) is 0 Å². The molecule has 0 aliphatic rings. The smallest absolute Gasteiger partial charge is 0.339 e. The third-order valence-electron chi connectivity index (χ3n) is 1.15. The van der Waals surface area contributed by atoms with Crippen molar-refractivity contribution < 1.29 is 29.0 Å². The molecule has 7 nitrogen and oxygen atoms in total. The van der Waals surface area contributed by atoms with Crippen molar-refractivity contribution in [3.63, 3.8) is 0 Å². The molecule has 0 amide bonds. The van der Waals surface area contributed by atoms with Crippen LogP contribution >= 0.6 is 7.60 Å². The fourth-order valence-electron chi connectivity index (χ4n) is 0.605. The number of rotatable bonds is 7. The van der Waals surface area contributed by atoms with Crippen LogP contribution in [0.25, 0.3) is 0 Å². The van der Waals surface area contributed by atoms with Crippen molar-refractivity contribution in [2.24, 2.45) is 0 Å². The lowest BCUT2D eigenvalue weighted by molar-refractivity contribution is -0.142. The molecule has 4 N–H and O–H groups in total. The molecule has 8 heteroatoms. The van der Waals surface area contributed by atoms with E-state index in [0.29, 0.717) is 6.42 Å². The summed E-state index contributed by atoms with van der Waals surface area (Å²) in [7, 11) is -4.11. The third kappa shape index (κ3) is 9.63. The summed E-state index contributed by atoms with van der Waals surface area (Å²) in [5.74, 6) is -0.605. The predicted octanol–water partition coefficient (Wildman–Crippen LogP) is -1.36. The van der Waals surface area contributed by atoms with E-state index in [9.17, 15) is 9.36 Å². The lowest BCUT2D eigenvalue weighted by atomic mass is 10.5. The summed E-state index contributed by atoms with van der Waals surface area (Å²) in [4.78, 5) is 27.6. The van der Waals surface area contributed by atoms with E-state index in [1.807, 2.05) is 0 Å². The third-order valence-corrected chi connectivity index (χ3v) is 1.79. The van der Waals surface area contributed by atoms with Gasteiger partial charge in [-0.2, -0.15) is 0 Å². The molecule has 0 aromatic heterocycles. The average Bonchev–Trinajstić information content (AvgIpc) is 2.02. The van der Waals surface area contributed by atoms with Gasteiger partial charge in [0.15, 0.2) is 0 Å². The molecular weight excluding hydrogens is 213 g/mol. The molecule has 0 aromatic rings. The maximum Gasteiger partial charge on any atom is 0.339 e. The highest BCUT2D eigenvalue weighted by molar-refractivity contribution is 7.51. The first-order chi connectivity index (χ1) is 6.45. The quantitative estimate of drug-likeness (QED) is 0.241. The number of hydrogen-bond donors (Lipinski definition) is 4. The molecule has 0 aliphatic carbocycles. The highest BCUT2D eigenvalue weighted by Crippen LogP contribution is 2.31. The molecule has 0 rings (SSSR count). The normalized spacial score (nSPS) is 11.4. The summed E-state index contributed by atoms with van der Waals surface area (Å²) < 4.78 is 14.9. The minimum absolute atomic E-state index is 0.0663. The van der Waals surface area contributed by atoms with Crippen LogP contribution in [0.1, 0.15) is 6.42 Å². The molecule has 14 heavy (non-hydrogen) atoms. The van der Waals surface area contributed by atoms with Crippen molar-refractivity contribution in [1.82, 2.24) is 5.32 Å². The zero-order valence-electron chi connectivity index (χ0n) is 7.55. The van der Waals surface area contributed by atoms with Crippen molar-refractivity contribution in [3.05, 3.63) is 0 Å². The zero-order valence-corrected chi connectivity index (χ0v) is 8.44. The molecule has 0 spiro atoms. The zero-order chi connectivity index (χ0) is 11.0. The second kappa shape index (κ2) is 6.92. The molecule has 0 radical (unpaired) electrons. The minimum Gasteiger partial charge on any atom is -0.465 e. The van der Waals surface area contributed by atoms with Gasteiger partial charge in [-0.3, -0.25) is 14.7 Å². The number of esters is 1. The molecule has 0 heterocycles. The van der Waals surface area contributed by atoms with Gasteiger partial charge < -0.3 is 19.6 Å². The van der Waals surface area contributed by atoms with E-state index >= 15 is 0 Å². The van der Waals surface area contributed by atoms with Crippen molar-refractivity contribution in [1.29, 1.82) is 0 Å². The van der Waals surface area contributed by atoms with Crippen molar-refractivity contribution in [2.75, 3.05) is 26.0 Å². The molecule has 0 aromatic carbocycles. The molecule has 0 unspecified atom stereocenters. The molecule has 0 bridgehead atoms. The number of nitrogens with one attached hydrogen (secondary N) is 1. The Kier molecular flexibility index (Phi) is 6.69. The molecular formula is C6H14NO6P. The first-order valence-corrected chi connectivity index (χ1v) is 5.77. The molecule has 0 saturated heterocycles. The van der Waals surface area contributed by atoms with Gasteiger partial charge in [-0.25, -0.2) is 0 Å². The molecule has 0 aliphatic heterocycles. The van der Waals surface area contributed by atoms with Gasteiger partial charge in [0.1, 0.15) is 0 Å². The van der Waals surface area contributed by atoms with Crippen LogP contribution in [0.4, 0.5) is 0 Å². The van der Waals surface area contributed by atoms with Crippen LogP contribution in [0.3, 0.4) is 0 Å². The Labute approximate surface area is 81.2 Å². The van der Waals surface area contributed by atoms with Crippen LogP contribution in [0.5, 0.6) is 0 Å². The monoisotopic (exact) mass is 227 g/mol. The number of aliphatic hydroxyl groups is 1. The SMILES string of the molecule is O=C(CNCP(=O)(O)O)OCCCO. The largest absolute Gasteiger partial charge is 0.465 e. The summed E-state index contributed by atoms with van der Waals surface area (Å²) in [6.07, 6.45) is -0.202. The van der Waals surface area contributed by atoms with Gasteiger partial charge in [-0.1, -0.05) is 0 Å². The Morgan fingerprint density at radius 3 is 2.57 bits per heavy atom. The maximum atomic E-state index is 10.8. The Balaban J connectivity index is 3.41. The number of hydrogen-bond acceptors (Lipinski definition) is 5. The second-order valence-corrected chi connectivity index (χ2v) is 4.19. The van der Waals surface area contributed by atoms with Crippen LogP contribution in [0.2, 0.25) is 0 Å². The minimum atomic E-state index is -4.11. The number of ether oxygens (including phenoxy) is 1. The summed E-state index contributed by atoms with van der Waals surface area (Å²) in [5, 5.41) is 10.6. The fourth-order valence-corrected chi connectivity index (χ4v) is 1.01. The van der Waals surface area contributed by atoms with Gasteiger partial charge >= 0.3 is 13.6 Å². The van der Waals surface area contributed by atoms with Gasteiger partial charge in [0.2, 0.25) is 0 Å². The second-order valence-electron chi connectivity index (χ2n) is 2.55. The summed E-state index contributed by atoms with van der Waals surface area (Å²) >= 11 is 0. The van der Waals surface area contributed by atoms with Crippen molar-refractivity contribution in [3.8, 4) is 0 Å². The molecule has 0 atom stereocenters. The van der Waals surface area contributed by atoms with Crippen molar-refractivity contribution in [2.45, 2.75) is 6.42 Å². The Bertz CT molecular complexity index is 214. The molecule has 0 saturated carbocycles. The van der Waals surface area contributed by atoms with E-state index in [0.717, 1.165) is 0 Å². The van der Waals surface area contributed by atoms with Crippen LogP contribution in [-0.4, -0.2) is 46.9 Å². The van der Waals surface area contributed by atoms with Gasteiger partial charge in [-0.05, 0) is 0 Å². The highest BCUT2D eigenvalue weighted by atomic mass is 31.2. The Hall–Kier alpha value is -0.460. The topological polar surface area (TPSA) is 116 Å². The van der Waals surface area contributed by atoms with Crippen LogP contribution in [0.15, 0.2) is 0 Å². The average molecular weight is 227 g/mol. The van der Waals surface area contributed by atoms with Gasteiger partial charge in [0.05, 0.1) is 19.4 Å². The number of carbonyl (C=O) groups is 1. The standard InChI is InChI=1S/C6H14NO6P/c8-2-1-3-13-6(9)4-7-5-14(10,11)12/h7-8H,1-5H2,(H2,10,11,12). The van der Waals surface area contributed by atoms with Crippen LogP contribution < -0.4 is 5.32 Å². The summed E-state index contributed by atoms with van der Waals surface area (Å²) in [6, 6.07) is 0. The van der Waals surface area contributed by atoms with E-state index in [-0.39, 0.29) is 19.8 Å². The predicted molar refractivity (Wildman–Crippen MR) is 47.6 cm³/mol. The number of aliphatic hydroxyl groups excluding tert-OH is 1. The van der Waals surface area contributed by atoms with Gasteiger partial charge in [-0.15, -0.1) is 0 Å².